The lowest BCUT2D eigenvalue weighted by atomic mass is 9.71. The minimum atomic E-state index is 0.315. The van der Waals surface area contributed by atoms with Gasteiger partial charge in [0.2, 0.25) is 5.95 Å². The van der Waals surface area contributed by atoms with E-state index in [0.29, 0.717) is 11.4 Å². The van der Waals surface area contributed by atoms with Crippen LogP contribution in [0.2, 0.25) is 0 Å². The molecule has 2 N–H and O–H groups in total. The fourth-order valence-electron chi connectivity index (χ4n) is 5.83. The zero-order valence-electron chi connectivity index (χ0n) is 15.3. The molecule has 5 nitrogen and oxygen atoms in total. The van der Waals surface area contributed by atoms with Crippen LogP contribution in [0.25, 0.3) is 0 Å². The number of nitrogens with zero attached hydrogens (tertiary/aromatic N) is 4. The highest BCUT2D eigenvalue weighted by Gasteiger charge is 2.42. The number of fused-ring (bicyclic) bond motifs is 2. The van der Waals surface area contributed by atoms with E-state index in [0.717, 1.165) is 25.6 Å². The number of aromatic nitrogens is 2. The maximum atomic E-state index is 6.19. The molecule has 5 rings (SSSR count). The van der Waals surface area contributed by atoms with Crippen molar-refractivity contribution < 1.29 is 0 Å². The Morgan fingerprint density at radius 2 is 1.60 bits per heavy atom. The van der Waals surface area contributed by atoms with Gasteiger partial charge in [0.1, 0.15) is 5.82 Å². The molecule has 2 saturated heterocycles. The zero-order chi connectivity index (χ0) is 16.9. The van der Waals surface area contributed by atoms with E-state index in [1.165, 1.54) is 88.0 Å². The first kappa shape index (κ1) is 15.9. The Hall–Kier alpha value is -1.36. The first-order chi connectivity index (χ1) is 12.3. The Morgan fingerprint density at radius 3 is 2.28 bits per heavy atom. The van der Waals surface area contributed by atoms with E-state index < -0.39 is 0 Å². The monoisotopic (exact) mass is 341 g/mol. The summed E-state index contributed by atoms with van der Waals surface area (Å²) >= 11 is 0. The van der Waals surface area contributed by atoms with Crippen LogP contribution in [0.15, 0.2) is 0 Å². The van der Waals surface area contributed by atoms with Gasteiger partial charge in [0.05, 0.1) is 5.69 Å². The molecular weight excluding hydrogens is 310 g/mol. The van der Waals surface area contributed by atoms with Crippen LogP contribution < -0.4 is 10.6 Å². The average Bonchev–Trinajstić information content (AvgIpc) is 3.04. The molecule has 1 saturated carbocycles. The summed E-state index contributed by atoms with van der Waals surface area (Å²) < 4.78 is 0. The van der Waals surface area contributed by atoms with Crippen molar-refractivity contribution in [1.82, 2.24) is 14.9 Å². The third kappa shape index (κ3) is 2.62. The van der Waals surface area contributed by atoms with Crippen molar-refractivity contribution in [3.63, 3.8) is 0 Å². The summed E-state index contributed by atoms with van der Waals surface area (Å²) in [7, 11) is 0. The Labute approximate surface area is 151 Å². The highest BCUT2D eigenvalue weighted by Crippen LogP contribution is 2.49. The molecule has 1 aromatic rings. The van der Waals surface area contributed by atoms with Gasteiger partial charge in [-0.1, -0.05) is 12.8 Å². The molecule has 5 heteroatoms. The molecule has 3 heterocycles. The van der Waals surface area contributed by atoms with Gasteiger partial charge in [0.25, 0.3) is 0 Å². The number of likely N-dealkylation sites (tertiary alicyclic amines) is 1. The molecule has 0 unspecified atom stereocenters. The largest absolute Gasteiger partial charge is 0.368 e. The van der Waals surface area contributed by atoms with Crippen molar-refractivity contribution in [2.45, 2.75) is 75.7 Å². The Bertz CT molecular complexity index is 640. The van der Waals surface area contributed by atoms with E-state index in [-0.39, 0.29) is 0 Å². The fourth-order valence-corrected chi connectivity index (χ4v) is 5.83. The highest BCUT2D eigenvalue weighted by atomic mass is 15.3. The second kappa shape index (κ2) is 6.11. The number of piperidine rings is 1. The molecule has 2 aliphatic heterocycles. The van der Waals surface area contributed by atoms with Crippen molar-refractivity contribution in [2.24, 2.45) is 0 Å². The lowest BCUT2D eigenvalue weighted by Gasteiger charge is -2.44. The van der Waals surface area contributed by atoms with E-state index in [1.807, 2.05) is 0 Å². The van der Waals surface area contributed by atoms with Gasteiger partial charge in [-0.25, -0.2) is 4.98 Å². The van der Waals surface area contributed by atoms with Crippen molar-refractivity contribution >= 4 is 11.8 Å². The molecule has 1 aromatic heterocycles. The molecular formula is C20H31N5. The van der Waals surface area contributed by atoms with E-state index >= 15 is 0 Å². The van der Waals surface area contributed by atoms with Gasteiger partial charge in [0.15, 0.2) is 0 Å². The van der Waals surface area contributed by atoms with Crippen LogP contribution in [0.4, 0.5) is 11.8 Å². The van der Waals surface area contributed by atoms with Gasteiger partial charge >= 0.3 is 0 Å². The number of rotatable bonds is 2. The molecule has 25 heavy (non-hydrogen) atoms. The number of hydrogen-bond donors (Lipinski definition) is 1. The summed E-state index contributed by atoms with van der Waals surface area (Å²) in [5.74, 6) is 1.67. The summed E-state index contributed by atoms with van der Waals surface area (Å²) in [4.78, 5) is 14.7. The Kier molecular flexibility index (Phi) is 3.88. The van der Waals surface area contributed by atoms with E-state index in [1.54, 1.807) is 0 Å². The quantitative estimate of drug-likeness (QED) is 0.896. The van der Waals surface area contributed by atoms with E-state index in [2.05, 4.69) is 9.80 Å². The Balaban J connectivity index is 1.43. The lowest BCUT2D eigenvalue weighted by Crippen LogP contribution is -2.50. The van der Waals surface area contributed by atoms with Gasteiger partial charge in [-0.3, -0.25) is 0 Å². The smallest absolute Gasteiger partial charge is 0.222 e. The average molecular weight is 342 g/mol. The van der Waals surface area contributed by atoms with E-state index in [9.17, 15) is 0 Å². The van der Waals surface area contributed by atoms with Crippen LogP contribution in [0.1, 0.15) is 69.0 Å². The fraction of sp³-hybridized carbons (Fsp3) is 0.800. The van der Waals surface area contributed by atoms with Crippen molar-refractivity contribution in [1.29, 1.82) is 0 Å². The van der Waals surface area contributed by atoms with Crippen LogP contribution in [-0.2, 0) is 11.8 Å². The first-order valence-electron chi connectivity index (χ1n) is 10.4. The van der Waals surface area contributed by atoms with Crippen molar-refractivity contribution in [3.8, 4) is 0 Å². The standard InChI is InChI=1S/C20H31N5/c21-19-22-17-16(5-3-10-20(17)8-1-2-9-20)18(23-19)25-13-6-15(7-14-25)24-11-4-12-24/h15H,1-14H2,(H2,21,22,23). The molecule has 0 amide bonds. The van der Waals surface area contributed by atoms with Gasteiger partial charge in [-0.2, -0.15) is 4.98 Å². The summed E-state index contributed by atoms with van der Waals surface area (Å²) in [6.45, 7) is 4.86. The maximum absolute atomic E-state index is 6.19. The molecule has 0 bridgehead atoms. The molecule has 0 radical (unpaired) electrons. The van der Waals surface area contributed by atoms with Crippen LogP contribution in [0.3, 0.4) is 0 Å². The van der Waals surface area contributed by atoms with Gasteiger partial charge < -0.3 is 15.5 Å². The van der Waals surface area contributed by atoms with Crippen LogP contribution in [0, 0.1) is 0 Å². The second-order valence-electron chi connectivity index (χ2n) is 8.68. The molecule has 2 aliphatic carbocycles. The molecule has 136 valence electrons. The summed E-state index contributed by atoms with van der Waals surface area (Å²) in [5.41, 5.74) is 9.26. The molecule has 3 fully saturated rings. The summed E-state index contributed by atoms with van der Waals surface area (Å²) in [5, 5.41) is 0. The SMILES string of the molecule is Nc1nc(N2CCC(N3CCC3)CC2)c2c(n1)C1(CCCC1)CCC2. The van der Waals surface area contributed by atoms with Crippen LogP contribution >= 0.6 is 0 Å². The topological polar surface area (TPSA) is 58.3 Å². The number of nitrogen functional groups attached to an aromatic ring is 1. The van der Waals surface area contributed by atoms with Crippen LogP contribution in [-0.4, -0.2) is 47.1 Å². The predicted octanol–water partition coefficient (Wildman–Crippen LogP) is 2.88. The Morgan fingerprint density at radius 1 is 0.880 bits per heavy atom. The van der Waals surface area contributed by atoms with Gasteiger partial charge in [-0.05, 0) is 64.5 Å². The van der Waals surface area contributed by atoms with Crippen molar-refractivity contribution in [2.75, 3.05) is 36.8 Å². The molecule has 0 atom stereocenters. The third-order valence-electron chi connectivity index (χ3n) is 7.32. The summed E-state index contributed by atoms with van der Waals surface area (Å²) in [6.07, 6.45) is 12.9. The predicted molar refractivity (Wildman–Crippen MR) is 101 cm³/mol. The maximum Gasteiger partial charge on any atom is 0.222 e. The highest BCUT2D eigenvalue weighted by molar-refractivity contribution is 5.55. The van der Waals surface area contributed by atoms with Crippen molar-refractivity contribution in [3.05, 3.63) is 11.3 Å². The lowest BCUT2D eigenvalue weighted by molar-refractivity contribution is 0.1000. The van der Waals surface area contributed by atoms with Gasteiger partial charge in [-0.15, -0.1) is 0 Å². The number of anilines is 2. The van der Waals surface area contributed by atoms with E-state index in [4.69, 9.17) is 15.7 Å². The first-order valence-corrected chi connectivity index (χ1v) is 10.4. The second-order valence-corrected chi connectivity index (χ2v) is 8.68. The molecule has 4 aliphatic rings. The number of nitrogens with two attached hydrogens (primary N) is 1. The minimum absolute atomic E-state index is 0.315. The molecule has 0 aromatic carbocycles. The third-order valence-corrected chi connectivity index (χ3v) is 7.32. The number of hydrogen-bond acceptors (Lipinski definition) is 5. The normalized spacial score (nSPS) is 26.6. The zero-order valence-corrected chi connectivity index (χ0v) is 15.3. The molecule has 1 spiro atoms. The van der Waals surface area contributed by atoms with Crippen LogP contribution in [0.5, 0.6) is 0 Å². The minimum Gasteiger partial charge on any atom is -0.368 e. The van der Waals surface area contributed by atoms with Gasteiger partial charge in [0, 0.05) is 30.1 Å². The summed E-state index contributed by atoms with van der Waals surface area (Å²) in [6, 6.07) is 0.793.